The predicted molar refractivity (Wildman–Crippen MR) is 245 cm³/mol. The first kappa shape index (κ1) is 43.3. The predicted octanol–water partition coefficient (Wildman–Crippen LogP) is 7.98. The van der Waals surface area contributed by atoms with Gasteiger partial charge < -0.3 is 49.3 Å². The number of nitrogens with zero attached hydrogens (tertiary/aromatic N) is 4. The fourth-order valence-corrected chi connectivity index (χ4v) is 9.83. The summed E-state index contributed by atoms with van der Waals surface area (Å²) in [6.07, 6.45) is 2.64. The van der Waals surface area contributed by atoms with Crippen molar-refractivity contribution in [1.29, 1.82) is 0 Å². The van der Waals surface area contributed by atoms with Crippen LogP contribution in [-0.2, 0) is 30.4 Å². The van der Waals surface area contributed by atoms with Crippen molar-refractivity contribution >= 4 is 45.8 Å². The van der Waals surface area contributed by atoms with E-state index in [2.05, 4.69) is 57.0 Å². The molecule has 4 N–H and O–H groups in total. The Morgan fingerprint density at radius 1 is 0.877 bits per heavy atom. The molecule has 2 saturated heterocycles. The molecular formula is C49H56N8O8. The van der Waals surface area contributed by atoms with E-state index in [1.165, 1.54) is 14.2 Å². The molecule has 3 aliphatic heterocycles. The van der Waals surface area contributed by atoms with Gasteiger partial charge in [-0.05, 0) is 84.0 Å². The lowest BCUT2D eigenvalue weighted by molar-refractivity contribution is -0.137. The molecule has 65 heavy (non-hydrogen) atoms. The van der Waals surface area contributed by atoms with Gasteiger partial charge in [0.15, 0.2) is 0 Å². The van der Waals surface area contributed by atoms with Gasteiger partial charge in [-0.2, -0.15) is 0 Å². The minimum atomic E-state index is -0.948. The highest BCUT2D eigenvalue weighted by atomic mass is 16.5. The van der Waals surface area contributed by atoms with Crippen LogP contribution in [0.1, 0.15) is 82.4 Å². The molecule has 0 radical (unpaired) electrons. The minimum absolute atomic E-state index is 0. The third-order valence-electron chi connectivity index (χ3n) is 13.1. The van der Waals surface area contributed by atoms with Crippen LogP contribution < -0.4 is 15.4 Å². The smallest absolute Gasteiger partial charge is 0.407 e. The van der Waals surface area contributed by atoms with Crippen LogP contribution in [0.5, 0.6) is 5.75 Å². The van der Waals surface area contributed by atoms with Gasteiger partial charge in [0.1, 0.15) is 36.1 Å². The first-order valence-electron chi connectivity index (χ1n) is 22.1. The summed E-state index contributed by atoms with van der Waals surface area (Å²) < 4.78 is 21.7. The van der Waals surface area contributed by atoms with Crippen LogP contribution in [0.3, 0.4) is 0 Å². The molecule has 2 fully saturated rings. The average molecular weight is 885 g/mol. The lowest BCUT2D eigenvalue weighted by Gasteiger charge is -2.32. The summed E-state index contributed by atoms with van der Waals surface area (Å²) in [7, 11) is 4.22. The van der Waals surface area contributed by atoms with Crippen molar-refractivity contribution in [1.82, 2.24) is 40.4 Å². The van der Waals surface area contributed by atoms with Crippen molar-refractivity contribution in [3.05, 3.63) is 102 Å². The first-order valence-corrected chi connectivity index (χ1v) is 22.1. The van der Waals surface area contributed by atoms with Crippen molar-refractivity contribution in [2.45, 2.75) is 76.8 Å². The van der Waals surface area contributed by atoms with Gasteiger partial charge in [-0.25, -0.2) is 19.6 Å². The number of H-pyrrole nitrogens is 2. The maximum absolute atomic E-state index is 14.3. The van der Waals surface area contributed by atoms with Crippen molar-refractivity contribution in [3.8, 4) is 28.1 Å². The number of aromatic nitrogens is 4. The standard InChI is InChI=1S/C49H54N8O8.H2/c1-26(2)41(54-48(60)63-5)47(59)57-27(3)12-17-38(57)45-51-36-16-14-30-20-35-33-15-13-31(19-32(33)25-65-40(35)21-34(30)43(36)53-45)37-22-50-44(52-37)39-18-28(24-62-4)23-56(39)46(58)42(55-49(61)64-6)29-10-8-7-9-11-29;/h7-11,13-16,19-22,26-28,38-39,41-42H,12,17-18,23-25H2,1-6H3,(H,50,52)(H,51,53)(H,54,60)(H,55,61);1H/t27-,28-,38-,39-,41-,42+;/m0./s1. The van der Waals surface area contributed by atoms with Gasteiger partial charge in [-0.3, -0.25) is 9.59 Å². The second-order valence-corrected chi connectivity index (χ2v) is 17.6. The first-order chi connectivity index (χ1) is 31.5. The number of hydrogen-bond donors (Lipinski definition) is 4. The Morgan fingerprint density at radius 3 is 2.42 bits per heavy atom. The van der Waals surface area contributed by atoms with Crippen LogP contribution in [0.25, 0.3) is 44.2 Å². The Morgan fingerprint density at radius 2 is 1.66 bits per heavy atom. The van der Waals surface area contributed by atoms with E-state index in [9.17, 15) is 19.2 Å². The molecule has 0 unspecified atom stereocenters. The number of likely N-dealkylation sites (tertiary alicyclic amines) is 2. The number of carbonyl (C=O) groups is 4. The highest BCUT2D eigenvalue weighted by molar-refractivity contribution is 6.07. The number of ether oxygens (including phenoxy) is 4. The number of nitrogens with one attached hydrogen (secondary N) is 4. The van der Waals surface area contributed by atoms with Crippen molar-refractivity contribution in [2.75, 3.05) is 34.5 Å². The molecule has 4 aromatic carbocycles. The van der Waals surface area contributed by atoms with Crippen molar-refractivity contribution in [2.24, 2.45) is 11.8 Å². The number of amides is 4. The normalized spacial score (nSPS) is 20.0. The van der Waals surface area contributed by atoms with Crippen LogP contribution in [0, 0.1) is 11.8 Å². The van der Waals surface area contributed by atoms with Gasteiger partial charge in [0.05, 0.1) is 55.8 Å². The van der Waals surface area contributed by atoms with E-state index in [-0.39, 0.29) is 43.2 Å². The molecule has 6 atom stereocenters. The lowest BCUT2D eigenvalue weighted by atomic mass is 9.92. The third kappa shape index (κ3) is 8.22. The van der Waals surface area contributed by atoms with E-state index in [0.29, 0.717) is 43.4 Å². The number of rotatable bonds is 11. The summed E-state index contributed by atoms with van der Waals surface area (Å²) in [5, 5.41) is 7.42. The van der Waals surface area contributed by atoms with Crippen LogP contribution in [0.4, 0.5) is 9.59 Å². The van der Waals surface area contributed by atoms with Gasteiger partial charge in [0, 0.05) is 38.0 Å². The van der Waals surface area contributed by atoms with Crippen LogP contribution in [-0.4, -0.2) is 100 Å². The summed E-state index contributed by atoms with van der Waals surface area (Å²) in [6.45, 7) is 7.11. The average Bonchev–Trinajstić information content (AvgIpc) is 4.15. The van der Waals surface area contributed by atoms with Gasteiger partial charge in [0.2, 0.25) is 5.91 Å². The van der Waals surface area contributed by atoms with E-state index in [4.69, 9.17) is 28.9 Å². The number of alkyl carbamates (subject to hydrolysis) is 2. The number of hydrogen-bond acceptors (Lipinski definition) is 10. The topological polar surface area (TPSA) is 193 Å². The Labute approximate surface area is 377 Å². The highest BCUT2D eigenvalue weighted by Gasteiger charge is 2.43. The molecule has 9 rings (SSSR count). The molecule has 0 bridgehead atoms. The molecule has 6 aromatic rings. The molecule has 16 heteroatoms. The van der Waals surface area contributed by atoms with Crippen molar-refractivity contribution < 1.29 is 39.6 Å². The van der Waals surface area contributed by atoms with E-state index in [1.807, 2.05) is 62.1 Å². The van der Waals surface area contributed by atoms with Crippen LogP contribution in [0.15, 0.2) is 79.0 Å². The second-order valence-electron chi connectivity index (χ2n) is 17.6. The highest BCUT2D eigenvalue weighted by Crippen LogP contribution is 2.44. The minimum Gasteiger partial charge on any atom is -0.488 e. The number of fused-ring (bicyclic) bond motifs is 6. The van der Waals surface area contributed by atoms with Crippen LogP contribution in [0.2, 0.25) is 0 Å². The number of carbonyl (C=O) groups excluding carboxylic acids is 4. The third-order valence-corrected chi connectivity index (χ3v) is 13.1. The van der Waals surface area contributed by atoms with Crippen LogP contribution >= 0.6 is 0 Å². The monoisotopic (exact) mass is 884 g/mol. The molecule has 3 aliphatic rings. The quantitative estimate of drug-likeness (QED) is 0.0992. The number of benzene rings is 4. The van der Waals surface area contributed by atoms with Gasteiger partial charge in [-0.1, -0.05) is 62.4 Å². The molecule has 4 amide bonds. The van der Waals surface area contributed by atoms with Gasteiger partial charge in [0.25, 0.3) is 5.91 Å². The second kappa shape index (κ2) is 17.9. The number of aromatic amines is 2. The SMILES string of the molecule is COC[C@H]1C[C@@H](c2ncc(-c3ccc4c(c3)COc3cc5c(ccc6[nH]c([C@@H]7CC[C@H](C)N7C(=O)[C@@H](NC(=O)OC)C(C)C)nc65)cc3-4)[nH]2)N(C(=O)[C@H](NC(=O)OC)c2ccccc2)C1.[HH]. The van der Waals surface area contributed by atoms with E-state index in [0.717, 1.165) is 68.3 Å². The van der Waals surface area contributed by atoms with E-state index >= 15 is 0 Å². The Kier molecular flexibility index (Phi) is 11.9. The fraction of sp³-hybridized carbons (Fsp3) is 0.388. The van der Waals surface area contributed by atoms with E-state index < -0.39 is 24.3 Å². The van der Waals surface area contributed by atoms with Gasteiger partial charge >= 0.3 is 12.2 Å². The maximum atomic E-state index is 14.3. The molecule has 5 heterocycles. The molecule has 0 aliphatic carbocycles. The number of methoxy groups -OCH3 is 3. The molecule has 0 saturated carbocycles. The summed E-state index contributed by atoms with van der Waals surface area (Å²) in [5.74, 6) is 1.61. The zero-order valence-corrected chi connectivity index (χ0v) is 37.3. The largest absolute Gasteiger partial charge is 0.488 e. The van der Waals surface area contributed by atoms with E-state index in [1.54, 1.807) is 18.2 Å². The zero-order chi connectivity index (χ0) is 45.5. The Bertz CT molecular complexity index is 2780. The molecule has 16 nitrogen and oxygen atoms in total. The zero-order valence-electron chi connectivity index (χ0n) is 37.3. The molecule has 2 aromatic heterocycles. The van der Waals surface area contributed by atoms with Gasteiger partial charge in [-0.15, -0.1) is 0 Å². The summed E-state index contributed by atoms with van der Waals surface area (Å²) in [5.41, 5.74) is 7.09. The Hall–Kier alpha value is -6.94. The Balaban J connectivity index is 0.00000592. The molecule has 0 spiro atoms. The summed E-state index contributed by atoms with van der Waals surface area (Å²) in [6, 6.07) is 21.3. The maximum Gasteiger partial charge on any atom is 0.407 e. The summed E-state index contributed by atoms with van der Waals surface area (Å²) in [4.78, 5) is 73.5. The number of imidazole rings is 2. The lowest BCUT2D eigenvalue weighted by Crippen LogP contribution is -2.52. The molecule has 340 valence electrons. The van der Waals surface area contributed by atoms with Crippen molar-refractivity contribution in [3.63, 3.8) is 0 Å². The summed E-state index contributed by atoms with van der Waals surface area (Å²) >= 11 is 0. The molecular weight excluding hydrogens is 829 g/mol. The fourth-order valence-electron chi connectivity index (χ4n) is 9.83.